The van der Waals surface area contributed by atoms with Gasteiger partial charge >= 0.3 is 11.9 Å². The van der Waals surface area contributed by atoms with Crippen LogP contribution in [0.3, 0.4) is 0 Å². The maximum Gasteiger partial charge on any atom is 0.352 e. The Hall–Kier alpha value is -3.50. The molecule has 0 bridgehead atoms. The largest absolute Gasteiger partial charge is 0.480 e. The lowest BCUT2D eigenvalue weighted by molar-refractivity contribution is -0.151. The molecule has 2 aliphatic rings. The van der Waals surface area contributed by atoms with Crippen molar-refractivity contribution < 1.29 is 38.9 Å². The first-order valence-electron chi connectivity index (χ1n) is 9.92. The van der Waals surface area contributed by atoms with Crippen molar-refractivity contribution in [2.75, 3.05) is 11.5 Å². The number of β-lactam (4-membered cyclic amide) rings is 1. The maximum atomic E-state index is 13.9. The highest BCUT2D eigenvalue weighted by molar-refractivity contribution is 8.01. The predicted molar refractivity (Wildman–Crippen MR) is 117 cm³/mol. The summed E-state index contributed by atoms with van der Waals surface area (Å²) in [6.07, 6.45) is -1.84. The van der Waals surface area contributed by atoms with Crippen LogP contribution in [0, 0.1) is 5.82 Å². The van der Waals surface area contributed by atoms with Crippen LogP contribution in [-0.2, 0) is 25.7 Å². The van der Waals surface area contributed by atoms with Gasteiger partial charge in [-0.05, 0) is 22.1 Å². The molecule has 2 aromatic rings. The quantitative estimate of drug-likeness (QED) is 0.243. The molecule has 1 saturated heterocycles. The lowest BCUT2D eigenvalue weighted by Gasteiger charge is -2.49. The number of carboxylic acid groups (broad SMARTS) is 2. The molecular weight excluding hydrogens is 507 g/mol. The van der Waals surface area contributed by atoms with Crippen LogP contribution in [0.1, 0.15) is 11.7 Å². The second kappa shape index (κ2) is 10.0. The topological polar surface area (TPSA) is 188 Å². The first kappa shape index (κ1) is 24.6. The number of halogens is 1. The van der Waals surface area contributed by atoms with Crippen molar-refractivity contribution in [3.05, 3.63) is 46.9 Å². The SMILES string of the molecule is O=C(O)Cn1nnnc1SCC1=C(C(=O)O)N2C(=O)C(NC(=O)[C@H](O)c3ccccc3F)[C@H]2SC1. The van der Waals surface area contributed by atoms with Crippen molar-refractivity contribution in [1.29, 1.82) is 0 Å². The van der Waals surface area contributed by atoms with E-state index >= 15 is 0 Å². The number of benzene rings is 1. The van der Waals surface area contributed by atoms with E-state index in [1.165, 1.54) is 30.0 Å². The Kier molecular flexibility index (Phi) is 7.04. The van der Waals surface area contributed by atoms with Gasteiger partial charge in [-0.25, -0.2) is 13.9 Å². The van der Waals surface area contributed by atoms with E-state index in [0.717, 1.165) is 27.4 Å². The van der Waals surface area contributed by atoms with Crippen LogP contribution in [0.5, 0.6) is 0 Å². The van der Waals surface area contributed by atoms with Crippen molar-refractivity contribution in [2.45, 2.75) is 29.2 Å². The molecule has 13 nitrogen and oxygen atoms in total. The lowest BCUT2D eigenvalue weighted by atomic mass is 10.0. The molecule has 3 heterocycles. The number of aliphatic hydroxyl groups is 1. The van der Waals surface area contributed by atoms with Crippen molar-refractivity contribution in [1.82, 2.24) is 30.4 Å². The number of aliphatic carboxylic acids is 2. The summed E-state index contributed by atoms with van der Waals surface area (Å²) in [6, 6.07) is 4.08. The molecule has 1 fully saturated rings. The van der Waals surface area contributed by atoms with Crippen molar-refractivity contribution in [3.63, 3.8) is 0 Å². The Morgan fingerprint density at radius 1 is 1.29 bits per heavy atom. The van der Waals surface area contributed by atoms with E-state index in [1.54, 1.807) is 0 Å². The maximum absolute atomic E-state index is 13.9. The Morgan fingerprint density at radius 3 is 2.71 bits per heavy atom. The molecule has 1 aromatic heterocycles. The van der Waals surface area contributed by atoms with Gasteiger partial charge in [0.15, 0.2) is 6.10 Å². The number of thioether (sulfide) groups is 2. The van der Waals surface area contributed by atoms with Crippen LogP contribution in [0.2, 0.25) is 0 Å². The van der Waals surface area contributed by atoms with Crippen LogP contribution >= 0.6 is 23.5 Å². The summed E-state index contributed by atoms with van der Waals surface area (Å²) < 4.78 is 14.9. The smallest absolute Gasteiger partial charge is 0.352 e. The molecule has 4 N–H and O–H groups in total. The van der Waals surface area contributed by atoms with Gasteiger partial charge in [-0.15, -0.1) is 16.9 Å². The van der Waals surface area contributed by atoms with Crippen molar-refractivity contribution in [2.24, 2.45) is 0 Å². The first-order valence-corrected chi connectivity index (χ1v) is 12.0. The van der Waals surface area contributed by atoms with Crippen LogP contribution in [-0.4, -0.2) is 87.1 Å². The van der Waals surface area contributed by atoms with Crippen LogP contribution in [0.25, 0.3) is 0 Å². The Bertz CT molecular complexity index is 1240. The van der Waals surface area contributed by atoms with Crippen LogP contribution in [0.15, 0.2) is 40.7 Å². The average molecular weight is 525 g/mol. The Labute approximate surface area is 204 Å². The standard InChI is InChI=1S/C19H17FN6O7S2/c20-10-4-2-1-3-9(10)14(29)15(30)21-12-16(31)26-13(18(32)33)8(6-34-17(12)26)7-35-19-22-23-24-25(19)5-11(27)28/h1-4,12,14,17,29H,5-7H2,(H,21,30)(H,27,28)(H,32,33)/t12?,14-,17-/m1/s1. The Balaban J connectivity index is 1.46. The number of nitrogens with zero attached hydrogens (tertiary/aromatic N) is 5. The molecule has 16 heteroatoms. The van der Waals surface area contributed by atoms with Crippen LogP contribution < -0.4 is 5.32 Å². The summed E-state index contributed by atoms with van der Waals surface area (Å²) in [4.78, 5) is 49.1. The fourth-order valence-electron chi connectivity index (χ4n) is 3.54. The predicted octanol–water partition coefficient (Wildman–Crippen LogP) is -0.539. The minimum absolute atomic E-state index is 0.0775. The van der Waals surface area contributed by atoms with Gasteiger partial charge in [-0.3, -0.25) is 19.3 Å². The number of hydrogen-bond acceptors (Lipinski definition) is 10. The average Bonchev–Trinajstić information content (AvgIpc) is 3.26. The van der Waals surface area contributed by atoms with E-state index < -0.39 is 53.6 Å². The van der Waals surface area contributed by atoms with Gasteiger partial charge in [0.2, 0.25) is 5.16 Å². The van der Waals surface area contributed by atoms with Gasteiger partial charge in [0.1, 0.15) is 29.5 Å². The zero-order valence-corrected chi connectivity index (χ0v) is 19.2. The number of rotatable bonds is 9. The molecule has 4 rings (SSSR count). The highest BCUT2D eigenvalue weighted by atomic mass is 32.2. The molecule has 0 spiro atoms. The number of tetrazole rings is 1. The summed E-state index contributed by atoms with van der Waals surface area (Å²) in [6.45, 7) is -0.471. The molecular formula is C19H17FN6O7S2. The molecule has 1 unspecified atom stereocenters. The molecule has 1 aromatic carbocycles. The number of carboxylic acids is 2. The lowest BCUT2D eigenvalue weighted by Crippen LogP contribution is -2.70. The summed E-state index contributed by atoms with van der Waals surface area (Å²) in [5.41, 5.74) is -0.109. The van der Waals surface area contributed by atoms with Crippen molar-refractivity contribution in [3.8, 4) is 0 Å². The Morgan fingerprint density at radius 2 is 2.03 bits per heavy atom. The number of aliphatic hydroxyl groups excluding tert-OH is 1. The monoisotopic (exact) mass is 524 g/mol. The van der Waals surface area contributed by atoms with E-state index in [4.69, 9.17) is 5.11 Å². The number of fused-ring (bicyclic) bond motifs is 1. The van der Waals surface area contributed by atoms with Crippen LogP contribution in [0.4, 0.5) is 4.39 Å². The third-order valence-corrected chi connectivity index (χ3v) is 7.54. The van der Waals surface area contributed by atoms with E-state index in [1.807, 2.05) is 0 Å². The molecule has 2 aliphatic heterocycles. The summed E-state index contributed by atoms with van der Waals surface area (Å²) in [5.74, 6) is -4.68. The number of aromatic nitrogens is 4. The normalized spacial score (nSPS) is 20.2. The van der Waals surface area contributed by atoms with Crippen molar-refractivity contribution >= 4 is 47.3 Å². The summed E-state index contributed by atoms with van der Waals surface area (Å²) >= 11 is 2.23. The molecule has 35 heavy (non-hydrogen) atoms. The van der Waals surface area contributed by atoms with E-state index in [-0.39, 0.29) is 27.9 Å². The zero-order chi connectivity index (χ0) is 25.3. The highest BCUT2D eigenvalue weighted by Crippen LogP contribution is 2.41. The minimum atomic E-state index is -1.84. The third kappa shape index (κ3) is 4.85. The molecule has 2 amide bonds. The second-order valence-corrected chi connectivity index (χ2v) is 9.43. The number of carbonyl (C=O) groups excluding carboxylic acids is 2. The molecule has 0 radical (unpaired) electrons. The third-order valence-electron chi connectivity index (χ3n) is 5.16. The van der Waals surface area contributed by atoms with Gasteiger partial charge in [0, 0.05) is 17.1 Å². The van der Waals surface area contributed by atoms with Gasteiger partial charge in [-0.1, -0.05) is 30.0 Å². The van der Waals surface area contributed by atoms with Gasteiger partial charge in [-0.2, -0.15) is 0 Å². The fourth-order valence-corrected chi connectivity index (χ4v) is 5.91. The molecule has 184 valence electrons. The highest BCUT2D eigenvalue weighted by Gasteiger charge is 2.54. The van der Waals surface area contributed by atoms with Gasteiger partial charge in [0.05, 0.1) is 0 Å². The number of hydrogen-bond donors (Lipinski definition) is 4. The molecule has 3 atom stereocenters. The van der Waals surface area contributed by atoms with Gasteiger partial charge < -0.3 is 20.6 Å². The number of carbonyl (C=O) groups is 4. The fraction of sp³-hybridized carbons (Fsp3) is 0.316. The van der Waals surface area contributed by atoms with Gasteiger partial charge in [0.25, 0.3) is 11.8 Å². The van der Waals surface area contributed by atoms with E-state index in [0.29, 0.717) is 5.57 Å². The van der Waals surface area contributed by atoms with E-state index in [2.05, 4.69) is 20.8 Å². The molecule has 0 aliphatic carbocycles. The first-order chi connectivity index (χ1) is 16.7. The number of amides is 2. The zero-order valence-electron chi connectivity index (χ0n) is 17.6. The molecule has 0 saturated carbocycles. The number of nitrogens with one attached hydrogen (secondary N) is 1. The summed E-state index contributed by atoms with van der Waals surface area (Å²) in [5, 5.41) is 41.4. The van der Waals surface area contributed by atoms with E-state index in [9.17, 15) is 33.8 Å². The minimum Gasteiger partial charge on any atom is -0.480 e. The second-order valence-electron chi connectivity index (χ2n) is 7.38. The summed E-state index contributed by atoms with van der Waals surface area (Å²) in [7, 11) is 0.